The molecular weight excluding hydrogens is 366 g/mol. The number of piperidine rings is 2. The van der Waals surface area contributed by atoms with Gasteiger partial charge in [0.25, 0.3) is 0 Å². The van der Waals surface area contributed by atoms with Gasteiger partial charge in [-0.15, -0.1) is 11.3 Å². The number of hydrogen-bond donors (Lipinski definition) is 0. The van der Waals surface area contributed by atoms with Crippen molar-refractivity contribution in [1.82, 2.24) is 14.1 Å². The van der Waals surface area contributed by atoms with Crippen LogP contribution in [0.25, 0.3) is 0 Å². The van der Waals surface area contributed by atoms with Gasteiger partial charge in [0.1, 0.15) is 0 Å². The summed E-state index contributed by atoms with van der Waals surface area (Å²) in [6, 6.07) is 2.28. The third-order valence-electron chi connectivity index (χ3n) is 5.73. The highest BCUT2D eigenvalue weighted by molar-refractivity contribution is 7.88. The summed E-state index contributed by atoms with van der Waals surface area (Å²) in [6.07, 6.45) is 7.24. The van der Waals surface area contributed by atoms with E-state index in [9.17, 15) is 8.42 Å². The molecule has 0 spiro atoms. The Kier molecular flexibility index (Phi) is 7.13. The zero-order chi connectivity index (χ0) is 18.6. The SMILES string of the molecule is Cc1ccsc1CN1CCCC(N(CCN2CCCCC2)S(C)(=O)=O)C1. The fourth-order valence-electron chi connectivity index (χ4n) is 4.22. The van der Waals surface area contributed by atoms with Crippen molar-refractivity contribution >= 4 is 21.4 Å². The highest BCUT2D eigenvalue weighted by Crippen LogP contribution is 2.23. The van der Waals surface area contributed by atoms with Gasteiger partial charge in [0, 0.05) is 37.1 Å². The van der Waals surface area contributed by atoms with E-state index in [-0.39, 0.29) is 6.04 Å². The van der Waals surface area contributed by atoms with E-state index in [0.29, 0.717) is 6.54 Å². The lowest BCUT2D eigenvalue weighted by Crippen LogP contribution is -2.51. The molecule has 3 heterocycles. The Hall–Kier alpha value is -0.470. The van der Waals surface area contributed by atoms with E-state index in [4.69, 9.17) is 0 Å². The van der Waals surface area contributed by atoms with Crippen molar-refractivity contribution in [3.8, 4) is 0 Å². The summed E-state index contributed by atoms with van der Waals surface area (Å²) >= 11 is 1.81. The van der Waals surface area contributed by atoms with Crippen LogP contribution in [0.2, 0.25) is 0 Å². The average Bonchev–Trinajstić information content (AvgIpc) is 3.00. The Labute approximate surface area is 163 Å². The maximum absolute atomic E-state index is 12.5. The smallest absolute Gasteiger partial charge is 0.211 e. The molecule has 1 aromatic heterocycles. The van der Waals surface area contributed by atoms with E-state index in [2.05, 4.69) is 28.2 Å². The van der Waals surface area contributed by atoms with Crippen LogP contribution in [-0.4, -0.2) is 74.1 Å². The van der Waals surface area contributed by atoms with Gasteiger partial charge >= 0.3 is 0 Å². The molecule has 1 unspecified atom stereocenters. The average molecular weight is 400 g/mol. The maximum Gasteiger partial charge on any atom is 0.211 e. The molecule has 2 aliphatic heterocycles. The van der Waals surface area contributed by atoms with Gasteiger partial charge < -0.3 is 4.90 Å². The van der Waals surface area contributed by atoms with Crippen LogP contribution in [0.5, 0.6) is 0 Å². The molecule has 26 heavy (non-hydrogen) atoms. The Morgan fingerprint density at radius 2 is 1.88 bits per heavy atom. The van der Waals surface area contributed by atoms with Gasteiger partial charge in [-0.25, -0.2) is 8.42 Å². The molecule has 3 rings (SSSR count). The first kappa shape index (κ1) is 20.3. The number of rotatable bonds is 7. The molecule has 0 bridgehead atoms. The van der Waals surface area contributed by atoms with Crippen molar-refractivity contribution in [3.63, 3.8) is 0 Å². The molecular formula is C19H33N3O2S2. The molecule has 7 heteroatoms. The van der Waals surface area contributed by atoms with Crippen LogP contribution in [0.1, 0.15) is 42.5 Å². The molecule has 148 valence electrons. The zero-order valence-corrected chi connectivity index (χ0v) is 17.8. The monoisotopic (exact) mass is 399 g/mol. The number of nitrogens with zero attached hydrogens (tertiary/aromatic N) is 3. The van der Waals surface area contributed by atoms with Crippen LogP contribution in [-0.2, 0) is 16.6 Å². The second-order valence-corrected chi connectivity index (χ2v) is 10.8. The van der Waals surface area contributed by atoms with Crippen molar-refractivity contribution in [2.75, 3.05) is 45.5 Å². The zero-order valence-electron chi connectivity index (χ0n) is 16.2. The Balaban J connectivity index is 1.61. The Morgan fingerprint density at radius 3 is 2.54 bits per heavy atom. The molecule has 0 saturated carbocycles. The van der Waals surface area contributed by atoms with Crippen molar-refractivity contribution in [1.29, 1.82) is 0 Å². The lowest BCUT2D eigenvalue weighted by atomic mass is 10.1. The van der Waals surface area contributed by atoms with Gasteiger partial charge in [0.15, 0.2) is 0 Å². The van der Waals surface area contributed by atoms with Crippen molar-refractivity contribution in [2.45, 2.75) is 51.6 Å². The third kappa shape index (κ3) is 5.52. The summed E-state index contributed by atoms with van der Waals surface area (Å²) in [5.41, 5.74) is 1.35. The summed E-state index contributed by atoms with van der Waals surface area (Å²) < 4.78 is 26.7. The van der Waals surface area contributed by atoms with Crippen molar-refractivity contribution < 1.29 is 8.42 Å². The molecule has 0 aromatic carbocycles. The number of sulfonamides is 1. The summed E-state index contributed by atoms with van der Waals surface area (Å²) in [5, 5.41) is 2.15. The van der Waals surface area contributed by atoms with Gasteiger partial charge in [-0.2, -0.15) is 4.31 Å². The van der Waals surface area contributed by atoms with E-state index in [1.54, 1.807) is 4.31 Å². The van der Waals surface area contributed by atoms with Crippen LogP contribution < -0.4 is 0 Å². The van der Waals surface area contributed by atoms with Gasteiger partial charge in [-0.3, -0.25) is 4.90 Å². The Bertz CT molecular complexity index is 668. The first-order valence-electron chi connectivity index (χ1n) is 9.88. The summed E-state index contributed by atoms with van der Waals surface area (Å²) in [6.45, 7) is 8.77. The van der Waals surface area contributed by atoms with E-state index < -0.39 is 10.0 Å². The van der Waals surface area contributed by atoms with E-state index in [1.807, 2.05) is 11.3 Å². The molecule has 0 radical (unpaired) electrons. The summed E-state index contributed by atoms with van der Waals surface area (Å²) in [7, 11) is -3.18. The lowest BCUT2D eigenvalue weighted by molar-refractivity contribution is 0.130. The third-order valence-corrected chi connectivity index (χ3v) is 8.08. The van der Waals surface area contributed by atoms with E-state index >= 15 is 0 Å². The van der Waals surface area contributed by atoms with Crippen LogP contribution in [0, 0.1) is 6.92 Å². The van der Waals surface area contributed by atoms with Gasteiger partial charge in [0.2, 0.25) is 10.0 Å². The van der Waals surface area contributed by atoms with E-state index in [1.165, 1.54) is 36.0 Å². The second-order valence-electron chi connectivity index (χ2n) is 7.83. The number of likely N-dealkylation sites (tertiary alicyclic amines) is 2. The first-order chi connectivity index (χ1) is 12.4. The maximum atomic E-state index is 12.5. The van der Waals surface area contributed by atoms with Crippen LogP contribution >= 0.6 is 11.3 Å². The Morgan fingerprint density at radius 1 is 1.15 bits per heavy atom. The normalized spacial score (nSPS) is 23.6. The fourth-order valence-corrected chi connectivity index (χ4v) is 6.30. The number of thiophene rings is 1. The topological polar surface area (TPSA) is 43.9 Å². The molecule has 2 fully saturated rings. The van der Waals surface area contributed by atoms with E-state index in [0.717, 1.165) is 52.1 Å². The highest BCUT2D eigenvalue weighted by Gasteiger charge is 2.31. The summed E-state index contributed by atoms with van der Waals surface area (Å²) in [4.78, 5) is 6.27. The quantitative estimate of drug-likeness (QED) is 0.707. The predicted octanol–water partition coefficient (Wildman–Crippen LogP) is 2.77. The van der Waals surface area contributed by atoms with Gasteiger partial charge in [-0.1, -0.05) is 6.42 Å². The molecule has 0 aliphatic carbocycles. The van der Waals surface area contributed by atoms with Crippen molar-refractivity contribution in [2.24, 2.45) is 0 Å². The number of aryl methyl sites for hydroxylation is 1. The second kappa shape index (κ2) is 9.15. The van der Waals surface area contributed by atoms with Crippen molar-refractivity contribution in [3.05, 3.63) is 21.9 Å². The predicted molar refractivity (Wildman–Crippen MR) is 109 cm³/mol. The molecule has 0 amide bonds. The highest BCUT2D eigenvalue weighted by atomic mass is 32.2. The molecule has 5 nitrogen and oxygen atoms in total. The van der Waals surface area contributed by atoms with Crippen LogP contribution in [0.4, 0.5) is 0 Å². The minimum atomic E-state index is -3.18. The first-order valence-corrected chi connectivity index (χ1v) is 12.6. The molecule has 0 N–H and O–H groups in total. The van der Waals surface area contributed by atoms with Gasteiger partial charge in [0.05, 0.1) is 6.26 Å². The van der Waals surface area contributed by atoms with Crippen LogP contribution in [0.3, 0.4) is 0 Å². The molecule has 2 saturated heterocycles. The fraction of sp³-hybridized carbons (Fsp3) is 0.789. The van der Waals surface area contributed by atoms with Gasteiger partial charge in [-0.05, 0) is 69.3 Å². The molecule has 1 aromatic rings. The largest absolute Gasteiger partial charge is 0.302 e. The molecule has 1 atom stereocenters. The summed E-state index contributed by atoms with van der Waals surface area (Å²) in [5.74, 6) is 0. The lowest BCUT2D eigenvalue weighted by Gasteiger charge is -2.39. The minimum absolute atomic E-state index is 0.115. The number of hydrogen-bond acceptors (Lipinski definition) is 5. The van der Waals surface area contributed by atoms with Crippen LogP contribution in [0.15, 0.2) is 11.4 Å². The minimum Gasteiger partial charge on any atom is -0.302 e. The molecule has 2 aliphatic rings. The standard InChI is InChI=1S/C19H33N3O2S2/c1-17-8-14-25-19(17)16-21-11-6-7-18(15-21)22(26(2,23)24)13-12-20-9-4-3-5-10-20/h8,14,18H,3-7,9-13,15-16H2,1-2H3.